The lowest BCUT2D eigenvalue weighted by Crippen LogP contribution is -2.39. The van der Waals surface area contributed by atoms with E-state index in [4.69, 9.17) is 12.2 Å². The smallest absolute Gasteiger partial charge is 0.170 e. The van der Waals surface area contributed by atoms with Gasteiger partial charge < -0.3 is 20.9 Å². The third kappa shape index (κ3) is 4.33. The molecule has 3 rings (SSSR count). The number of H-pyrrole nitrogens is 1. The van der Waals surface area contributed by atoms with Gasteiger partial charge in [0.2, 0.25) is 0 Å². The molecule has 0 radical (unpaired) electrons. The second kappa shape index (κ2) is 7.75. The van der Waals surface area contributed by atoms with Crippen molar-refractivity contribution in [3.63, 3.8) is 0 Å². The number of rotatable bonds is 5. The van der Waals surface area contributed by atoms with E-state index in [1.807, 2.05) is 0 Å². The van der Waals surface area contributed by atoms with Gasteiger partial charge in [-0.05, 0) is 82.4 Å². The van der Waals surface area contributed by atoms with E-state index in [9.17, 15) is 0 Å². The van der Waals surface area contributed by atoms with E-state index in [1.54, 1.807) is 0 Å². The number of hydrogen-bond acceptors (Lipinski definition) is 2. The summed E-state index contributed by atoms with van der Waals surface area (Å²) in [5.74, 6) is 0. The molecule has 1 aliphatic rings. The van der Waals surface area contributed by atoms with Gasteiger partial charge >= 0.3 is 0 Å². The minimum absolute atomic E-state index is 0.330. The summed E-state index contributed by atoms with van der Waals surface area (Å²) in [4.78, 5) is 3.61. The molecular weight excluding hydrogens is 328 g/mol. The Morgan fingerprint density at radius 2 is 2.12 bits per heavy atom. The van der Waals surface area contributed by atoms with Crippen LogP contribution in [0.4, 0.5) is 5.69 Å². The zero-order valence-electron chi connectivity index (χ0n) is 15.7. The Bertz CT molecular complexity index is 749. The lowest BCUT2D eigenvalue weighted by molar-refractivity contribution is 0.400. The average molecular weight is 359 g/mol. The number of thiocarbonyl (C=S) groups is 1. The second-order valence-corrected chi connectivity index (χ2v) is 7.92. The first-order chi connectivity index (χ1) is 12.0. The van der Waals surface area contributed by atoms with Gasteiger partial charge in [0.15, 0.2) is 5.11 Å². The highest BCUT2D eigenvalue weighted by molar-refractivity contribution is 7.80. The maximum absolute atomic E-state index is 5.37. The van der Waals surface area contributed by atoms with Crippen LogP contribution in [0.2, 0.25) is 0 Å². The number of hydrogen-bond donors (Lipinski definition) is 4. The summed E-state index contributed by atoms with van der Waals surface area (Å²) in [5, 5.41) is 12.3. The normalized spacial score (nSPS) is 18.2. The highest BCUT2D eigenvalue weighted by Crippen LogP contribution is 2.31. The van der Waals surface area contributed by atoms with Gasteiger partial charge in [-0.25, -0.2) is 0 Å². The molecule has 2 aromatic rings. The summed E-state index contributed by atoms with van der Waals surface area (Å²) in [5.41, 5.74) is 5.14. The largest absolute Gasteiger partial charge is 0.360 e. The van der Waals surface area contributed by atoms with Crippen LogP contribution in [0.3, 0.4) is 0 Å². The van der Waals surface area contributed by atoms with Crippen LogP contribution >= 0.6 is 12.2 Å². The Kier molecular flexibility index (Phi) is 5.64. The predicted octanol–water partition coefficient (Wildman–Crippen LogP) is 4.11. The number of aromatic nitrogens is 1. The predicted molar refractivity (Wildman–Crippen MR) is 111 cm³/mol. The van der Waals surface area contributed by atoms with Gasteiger partial charge in [0.25, 0.3) is 0 Å². The Hall–Kier alpha value is -1.59. The van der Waals surface area contributed by atoms with E-state index >= 15 is 0 Å². The standard InChI is InChI=1S/C20H30N4S/c1-5-13(4)22-14-6-8-18-16(10-14)17-11-15(7-9-19(17)24-18)23-20(25)21-12(2)3/h7,9,11-14,22,24H,5-6,8,10H2,1-4H3,(H2,21,23,25). The average Bonchev–Trinajstić information content (AvgIpc) is 2.91. The summed E-state index contributed by atoms with van der Waals surface area (Å²) >= 11 is 5.37. The van der Waals surface area contributed by atoms with Crippen LogP contribution in [0.25, 0.3) is 10.9 Å². The molecule has 0 bridgehead atoms. The third-order valence-electron chi connectivity index (χ3n) is 5.00. The SMILES string of the molecule is CCC(C)NC1CCc2[nH]c3ccc(NC(=S)NC(C)C)cc3c2C1. The number of fused-ring (bicyclic) bond motifs is 3. The Morgan fingerprint density at radius 3 is 2.84 bits per heavy atom. The van der Waals surface area contributed by atoms with Crippen molar-refractivity contribution in [2.24, 2.45) is 0 Å². The number of aromatic amines is 1. The zero-order valence-corrected chi connectivity index (χ0v) is 16.5. The van der Waals surface area contributed by atoms with Crippen molar-refractivity contribution in [1.29, 1.82) is 0 Å². The molecule has 1 aromatic heterocycles. The van der Waals surface area contributed by atoms with E-state index in [0.29, 0.717) is 23.2 Å². The number of nitrogens with one attached hydrogen (secondary N) is 4. The van der Waals surface area contributed by atoms with Crippen LogP contribution in [0.1, 0.15) is 51.8 Å². The molecule has 1 aliphatic carbocycles. The van der Waals surface area contributed by atoms with Crippen molar-refractivity contribution in [2.75, 3.05) is 5.32 Å². The van der Waals surface area contributed by atoms with E-state index in [1.165, 1.54) is 35.0 Å². The monoisotopic (exact) mass is 358 g/mol. The number of anilines is 1. The van der Waals surface area contributed by atoms with Gasteiger partial charge in [-0.2, -0.15) is 0 Å². The molecule has 136 valence electrons. The first kappa shape index (κ1) is 18.2. The summed E-state index contributed by atoms with van der Waals surface area (Å²) in [6.45, 7) is 8.69. The van der Waals surface area contributed by atoms with Crippen LogP contribution in [0.5, 0.6) is 0 Å². The molecule has 4 N–H and O–H groups in total. The van der Waals surface area contributed by atoms with E-state index in [0.717, 1.165) is 18.5 Å². The molecule has 0 spiro atoms. The summed E-state index contributed by atoms with van der Waals surface area (Å²) < 4.78 is 0. The van der Waals surface area contributed by atoms with Crippen LogP contribution in [-0.2, 0) is 12.8 Å². The third-order valence-corrected chi connectivity index (χ3v) is 5.22. The Morgan fingerprint density at radius 1 is 1.32 bits per heavy atom. The molecule has 25 heavy (non-hydrogen) atoms. The van der Waals surface area contributed by atoms with Gasteiger partial charge in [0.1, 0.15) is 0 Å². The molecule has 0 fully saturated rings. The molecule has 0 amide bonds. The van der Waals surface area contributed by atoms with Crippen LogP contribution < -0.4 is 16.0 Å². The maximum Gasteiger partial charge on any atom is 0.170 e. The van der Waals surface area contributed by atoms with Crippen LogP contribution in [-0.4, -0.2) is 28.2 Å². The topological polar surface area (TPSA) is 51.9 Å². The van der Waals surface area contributed by atoms with Crippen molar-refractivity contribution in [2.45, 2.75) is 71.5 Å². The summed E-state index contributed by atoms with van der Waals surface area (Å²) in [6, 6.07) is 7.95. The molecule has 4 nitrogen and oxygen atoms in total. The summed E-state index contributed by atoms with van der Waals surface area (Å²) in [6.07, 6.45) is 4.59. The molecular formula is C20H30N4S. The van der Waals surface area contributed by atoms with E-state index < -0.39 is 0 Å². The summed E-state index contributed by atoms with van der Waals surface area (Å²) in [7, 11) is 0. The van der Waals surface area contributed by atoms with Gasteiger partial charge in [0, 0.05) is 40.4 Å². The molecule has 1 aromatic carbocycles. The van der Waals surface area contributed by atoms with Gasteiger partial charge in [-0.15, -0.1) is 0 Å². The van der Waals surface area contributed by atoms with Crippen molar-refractivity contribution in [1.82, 2.24) is 15.6 Å². The Labute approximate surface area is 156 Å². The molecule has 0 saturated carbocycles. The molecule has 5 heteroatoms. The minimum Gasteiger partial charge on any atom is -0.360 e. The van der Waals surface area contributed by atoms with Crippen molar-refractivity contribution < 1.29 is 0 Å². The lowest BCUT2D eigenvalue weighted by atomic mass is 9.91. The molecule has 2 atom stereocenters. The van der Waals surface area contributed by atoms with Crippen molar-refractivity contribution in [3.05, 3.63) is 29.5 Å². The first-order valence-electron chi connectivity index (χ1n) is 9.43. The quantitative estimate of drug-likeness (QED) is 0.608. The van der Waals surface area contributed by atoms with E-state index in [2.05, 4.69) is 66.8 Å². The maximum atomic E-state index is 5.37. The molecule has 0 aliphatic heterocycles. The number of benzene rings is 1. The van der Waals surface area contributed by atoms with E-state index in [-0.39, 0.29) is 0 Å². The minimum atomic E-state index is 0.330. The molecule has 1 heterocycles. The fraction of sp³-hybridized carbons (Fsp3) is 0.550. The van der Waals surface area contributed by atoms with Crippen LogP contribution in [0, 0.1) is 0 Å². The fourth-order valence-electron chi connectivity index (χ4n) is 3.59. The van der Waals surface area contributed by atoms with Crippen LogP contribution in [0.15, 0.2) is 18.2 Å². The van der Waals surface area contributed by atoms with Gasteiger partial charge in [-0.3, -0.25) is 0 Å². The second-order valence-electron chi connectivity index (χ2n) is 7.51. The highest BCUT2D eigenvalue weighted by Gasteiger charge is 2.23. The Balaban J connectivity index is 1.80. The van der Waals surface area contributed by atoms with Gasteiger partial charge in [-0.1, -0.05) is 6.92 Å². The van der Waals surface area contributed by atoms with Gasteiger partial charge in [0.05, 0.1) is 0 Å². The van der Waals surface area contributed by atoms with Crippen molar-refractivity contribution in [3.8, 4) is 0 Å². The van der Waals surface area contributed by atoms with Crippen molar-refractivity contribution >= 4 is 33.9 Å². The lowest BCUT2D eigenvalue weighted by Gasteiger charge is -2.26. The fourth-order valence-corrected chi connectivity index (χ4v) is 3.94. The zero-order chi connectivity index (χ0) is 18.0. The highest BCUT2D eigenvalue weighted by atomic mass is 32.1. The molecule has 0 saturated heterocycles. The number of aryl methyl sites for hydroxylation is 1. The first-order valence-corrected chi connectivity index (χ1v) is 9.84. The molecule has 2 unspecified atom stereocenters.